The maximum absolute atomic E-state index is 12.8. The molecule has 6 heteroatoms. The molecule has 0 saturated carbocycles. The Kier molecular flexibility index (Phi) is 4.94. The first-order valence-electron chi connectivity index (χ1n) is 9.09. The highest BCUT2D eigenvalue weighted by atomic mass is 35.5. The Labute approximate surface area is 162 Å². The van der Waals surface area contributed by atoms with Gasteiger partial charge in [-0.2, -0.15) is 0 Å². The lowest BCUT2D eigenvalue weighted by Gasteiger charge is -2.32. The first kappa shape index (κ1) is 17.7. The van der Waals surface area contributed by atoms with Gasteiger partial charge < -0.3 is 10.0 Å². The van der Waals surface area contributed by atoms with Crippen LogP contribution in [0.3, 0.4) is 0 Å². The van der Waals surface area contributed by atoms with Crippen molar-refractivity contribution >= 4 is 28.5 Å². The van der Waals surface area contributed by atoms with Crippen molar-refractivity contribution in [3.8, 4) is 5.88 Å². The van der Waals surface area contributed by atoms with Gasteiger partial charge in [-0.3, -0.25) is 4.79 Å². The van der Waals surface area contributed by atoms with Crippen LogP contribution in [0.4, 0.5) is 0 Å². The number of benzene rings is 2. The number of aromatic nitrogens is 2. The maximum Gasteiger partial charge on any atom is 0.278 e. The molecule has 1 aromatic heterocycles. The van der Waals surface area contributed by atoms with Gasteiger partial charge in [-0.15, -0.1) is 0 Å². The van der Waals surface area contributed by atoms with E-state index >= 15 is 0 Å². The highest BCUT2D eigenvalue weighted by Crippen LogP contribution is 2.25. The summed E-state index contributed by atoms with van der Waals surface area (Å²) in [6.45, 7) is 1.32. The van der Waals surface area contributed by atoms with E-state index in [4.69, 9.17) is 11.6 Å². The van der Waals surface area contributed by atoms with Crippen LogP contribution in [0, 0.1) is 5.92 Å². The fourth-order valence-electron chi connectivity index (χ4n) is 3.58. The SMILES string of the molecule is O=C(c1nc2ccccc2nc1O)N1CCC(Cc2ccc(Cl)cc2)CC1. The van der Waals surface area contributed by atoms with E-state index < -0.39 is 0 Å². The fourth-order valence-corrected chi connectivity index (χ4v) is 3.70. The van der Waals surface area contributed by atoms with E-state index in [0.717, 1.165) is 24.3 Å². The molecule has 1 aliphatic rings. The Bertz CT molecular complexity index is 967. The second-order valence-corrected chi connectivity index (χ2v) is 7.39. The molecule has 0 atom stereocenters. The molecule has 2 aromatic carbocycles. The zero-order valence-electron chi connectivity index (χ0n) is 14.8. The molecule has 1 aliphatic heterocycles. The summed E-state index contributed by atoms with van der Waals surface area (Å²) in [5.74, 6) is -0.0239. The highest BCUT2D eigenvalue weighted by molar-refractivity contribution is 6.30. The summed E-state index contributed by atoms with van der Waals surface area (Å²) < 4.78 is 0. The number of carbonyl (C=O) groups excluding carboxylic acids is 1. The summed E-state index contributed by atoms with van der Waals surface area (Å²) in [4.78, 5) is 23.0. The molecule has 4 rings (SSSR count). The van der Waals surface area contributed by atoms with Gasteiger partial charge in [0.1, 0.15) is 0 Å². The summed E-state index contributed by atoms with van der Waals surface area (Å²) in [6.07, 6.45) is 2.84. The van der Waals surface area contributed by atoms with Crippen molar-refractivity contribution in [2.75, 3.05) is 13.1 Å². The molecule has 0 bridgehead atoms. The van der Waals surface area contributed by atoms with Crippen LogP contribution < -0.4 is 0 Å². The number of fused-ring (bicyclic) bond motifs is 1. The molecule has 0 unspecified atom stereocenters. The summed E-state index contributed by atoms with van der Waals surface area (Å²) >= 11 is 5.94. The quantitative estimate of drug-likeness (QED) is 0.742. The lowest BCUT2D eigenvalue weighted by Crippen LogP contribution is -2.39. The smallest absolute Gasteiger partial charge is 0.278 e. The largest absolute Gasteiger partial charge is 0.492 e. The second kappa shape index (κ2) is 7.53. The zero-order valence-corrected chi connectivity index (χ0v) is 15.6. The van der Waals surface area contributed by atoms with Crippen LogP contribution >= 0.6 is 11.6 Å². The molecule has 1 fully saturated rings. The molecule has 5 nitrogen and oxygen atoms in total. The number of piperidine rings is 1. The van der Waals surface area contributed by atoms with Crippen molar-refractivity contribution < 1.29 is 9.90 Å². The summed E-state index contributed by atoms with van der Waals surface area (Å²) in [7, 11) is 0. The summed E-state index contributed by atoms with van der Waals surface area (Å²) in [5, 5.41) is 10.9. The number of amides is 1. The van der Waals surface area contributed by atoms with Gasteiger partial charge >= 0.3 is 0 Å². The molecule has 0 aliphatic carbocycles. The van der Waals surface area contributed by atoms with Gasteiger partial charge in [0, 0.05) is 18.1 Å². The van der Waals surface area contributed by atoms with E-state index in [-0.39, 0.29) is 17.5 Å². The minimum Gasteiger partial charge on any atom is -0.492 e. The van der Waals surface area contributed by atoms with Gasteiger partial charge in [0.25, 0.3) is 5.91 Å². The molecule has 27 heavy (non-hydrogen) atoms. The van der Waals surface area contributed by atoms with Gasteiger partial charge in [-0.05, 0) is 55.0 Å². The van der Waals surface area contributed by atoms with Crippen LogP contribution in [0.5, 0.6) is 5.88 Å². The lowest BCUT2D eigenvalue weighted by atomic mass is 9.90. The van der Waals surface area contributed by atoms with E-state index in [1.165, 1.54) is 5.56 Å². The number of rotatable bonds is 3. The molecule has 3 aromatic rings. The van der Waals surface area contributed by atoms with Gasteiger partial charge in [0.05, 0.1) is 11.0 Å². The Balaban J connectivity index is 1.42. The molecule has 2 heterocycles. The number of hydrogen-bond donors (Lipinski definition) is 1. The van der Waals surface area contributed by atoms with Gasteiger partial charge in [0.15, 0.2) is 5.69 Å². The number of aromatic hydroxyl groups is 1. The molecular weight excluding hydrogens is 362 g/mol. The molecular formula is C21H20ClN3O2. The Hall–Kier alpha value is -2.66. The monoisotopic (exact) mass is 381 g/mol. The van der Waals surface area contributed by atoms with Crippen molar-refractivity contribution in [1.29, 1.82) is 0 Å². The van der Waals surface area contributed by atoms with Crippen molar-refractivity contribution in [2.24, 2.45) is 5.92 Å². The van der Waals surface area contributed by atoms with Crippen LogP contribution in [0.15, 0.2) is 48.5 Å². The van der Waals surface area contributed by atoms with E-state index in [9.17, 15) is 9.90 Å². The molecule has 1 N–H and O–H groups in total. The average Bonchev–Trinajstić information content (AvgIpc) is 2.69. The molecule has 138 valence electrons. The van der Waals surface area contributed by atoms with Crippen molar-refractivity contribution in [3.05, 3.63) is 64.8 Å². The molecule has 1 amide bonds. The van der Waals surface area contributed by atoms with E-state index in [1.807, 2.05) is 24.3 Å². The number of para-hydroxylation sites is 2. The summed E-state index contributed by atoms with van der Waals surface area (Å²) in [6, 6.07) is 15.2. The first-order valence-corrected chi connectivity index (χ1v) is 9.47. The van der Waals surface area contributed by atoms with E-state index in [2.05, 4.69) is 22.1 Å². The minimum absolute atomic E-state index is 0.0323. The molecule has 1 saturated heterocycles. The third-order valence-corrected chi connectivity index (χ3v) is 5.35. The predicted octanol–water partition coefficient (Wildman–Crippen LogP) is 4.08. The van der Waals surface area contributed by atoms with Crippen LogP contribution in [0.25, 0.3) is 11.0 Å². The number of nitrogens with zero attached hydrogens (tertiary/aromatic N) is 3. The van der Waals surface area contributed by atoms with Crippen LogP contribution in [-0.2, 0) is 6.42 Å². The van der Waals surface area contributed by atoms with Gasteiger partial charge in [-0.1, -0.05) is 35.9 Å². The van der Waals surface area contributed by atoms with Crippen molar-refractivity contribution in [2.45, 2.75) is 19.3 Å². The average molecular weight is 382 g/mol. The lowest BCUT2D eigenvalue weighted by molar-refractivity contribution is 0.0681. The number of halogens is 1. The van der Waals surface area contributed by atoms with Crippen molar-refractivity contribution in [3.63, 3.8) is 0 Å². The van der Waals surface area contributed by atoms with Gasteiger partial charge in [0.2, 0.25) is 5.88 Å². The standard InChI is InChI=1S/C21H20ClN3O2/c22-16-7-5-14(6-8-16)13-15-9-11-25(12-10-15)21(27)19-20(26)24-18-4-2-1-3-17(18)23-19/h1-8,15H,9-13H2,(H,24,26). The highest BCUT2D eigenvalue weighted by Gasteiger charge is 2.27. The number of carbonyl (C=O) groups is 1. The maximum atomic E-state index is 12.8. The first-order chi connectivity index (χ1) is 13.1. The Morgan fingerprint density at radius 2 is 1.67 bits per heavy atom. The van der Waals surface area contributed by atoms with E-state index in [0.29, 0.717) is 30.0 Å². The Morgan fingerprint density at radius 1 is 1.04 bits per heavy atom. The minimum atomic E-state index is -0.304. The second-order valence-electron chi connectivity index (χ2n) is 6.95. The Morgan fingerprint density at radius 3 is 2.33 bits per heavy atom. The van der Waals surface area contributed by atoms with Crippen LogP contribution in [0.1, 0.15) is 28.9 Å². The van der Waals surface area contributed by atoms with Gasteiger partial charge in [-0.25, -0.2) is 9.97 Å². The third-order valence-electron chi connectivity index (χ3n) is 5.09. The van der Waals surface area contributed by atoms with Crippen LogP contribution in [-0.4, -0.2) is 39.0 Å². The predicted molar refractivity (Wildman–Crippen MR) is 105 cm³/mol. The van der Waals surface area contributed by atoms with Crippen molar-refractivity contribution in [1.82, 2.24) is 14.9 Å². The topological polar surface area (TPSA) is 66.3 Å². The van der Waals surface area contributed by atoms with Crippen LogP contribution in [0.2, 0.25) is 5.02 Å². The number of likely N-dealkylation sites (tertiary alicyclic amines) is 1. The van der Waals surface area contributed by atoms with E-state index in [1.54, 1.807) is 17.0 Å². The molecule has 0 spiro atoms. The normalized spacial score (nSPS) is 15.2. The zero-order chi connectivity index (χ0) is 18.8. The summed E-state index contributed by atoms with van der Waals surface area (Å²) in [5.41, 5.74) is 2.48. The number of hydrogen-bond acceptors (Lipinski definition) is 4. The molecule has 0 radical (unpaired) electrons. The fraction of sp³-hybridized carbons (Fsp3) is 0.286. The third kappa shape index (κ3) is 3.88.